The molecule has 1 aliphatic heterocycles. The van der Waals surface area contributed by atoms with E-state index in [9.17, 15) is 4.79 Å². The van der Waals surface area contributed by atoms with Gasteiger partial charge in [-0.2, -0.15) is 0 Å². The third-order valence-corrected chi connectivity index (χ3v) is 5.66. The summed E-state index contributed by atoms with van der Waals surface area (Å²) in [5, 5.41) is -0.766. The third kappa shape index (κ3) is 2.01. The van der Waals surface area contributed by atoms with E-state index in [-0.39, 0.29) is 5.97 Å². The van der Waals surface area contributed by atoms with E-state index in [1.807, 2.05) is 0 Å². The highest BCUT2D eigenvalue weighted by atomic mass is 28.3. The number of hydrogen-bond acceptors (Lipinski definition) is 3. The van der Waals surface area contributed by atoms with Crippen molar-refractivity contribution in [3.63, 3.8) is 0 Å². The van der Waals surface area contributed by atoms with Crippen LogP contribution in [0.15, 0.2) is 12.7 Å². The van der Waals surface area contributed by atoms with Gasteiger partial charge in [0, 0.05) is 20.3 Å². The Morgan fingerprint density at radius 3 is 2.20 bits per heavy atom. The monoisotopic (exact) mass is 228 g/mol. The molecule has 0 aromatic heterocycles. The van der Waals surface area contributed by atoms with Crippen LogP contribution in [0.3, 0.4) is 0 Å². The maximum Gasteiger partial charge on any atom is 0.337 e. The minimum atomic E-state index is -1.82. The minimum Gasteiger partial charge on any atom is -0.432 e. The molecule has 15 heavy (non-hydrogen) atoms. The highest BCUT2D eigenvalue weighted by Crippen LogP contribution is 2.41. The van der Waals surface area contributed by atoms with E-state index in [1.54, 1.807) is 19.9 Å². The smallest absolute Gasteiger partial charge is 0.337 e. The van der Waals surface area contributed by atoms with E-state index in [0.29, 0.717) is 6.42 Å². The molecule has 1 atom stereocenters. The molecule has 0 saturated carbocycles. The summed E-state index contributed by atoms with van der Waals surface area (Å²) in [7, 11) is -1.82. The number of hydrogen-bond donors (Lipinski definition) is 0. The molecule has 0 amide bonds. The van der Waals surface area contributed by atoms with E-state index < -0.39 is 19.1 Å². The van der Waals surface area contributed by atoms with Gasteiger partial charge in [-0.05, 0) is 0 Å². The van der Waals surface area contributed by atoms with Crippen molar-refractivity contribution in [1.82, 2.24) is 0 Å². The summed E-state index contributed by atoms with van der Waals surface area (Å²) >= 11 is 0. The topological polar surface area (TPSA) is 35.5 Å². The SMILES string of the molecule is C=CCC1([Si](C)(C)C)OC(C)(C)OC1=O. The molecule has 4 heteroatoms. The maximum atomic E-state index is 12.0. The lowest BCUT2D eigenvalue weighted by atomic mass is 10.2. The summed E-state index contributed by atoms with van der Waals surface area (Å²) in [6, 6.07) is 0. The standard InChI is InChI=1S/C11H20O3Si/c1-7-8-11(15(4,5)6)9(12)13-10(2,3)14-11/h7H,1,8H2,2-6H3. The van der Waals surface area contributed by atoms with Crippen LogP contribution in [0.2, 0.25) is 19.6 Å². The Hall–Kier alpha value is -0.613. The van der Waals surface area contributed by atoms with Crippen molar-refractivity contribution in [3.8, 4) is 0 Å². The molecule has 1 heterocycles. The largest absolute Gasteiger partial charge is 0.432 e. The van der Waals surface area contributed by atoms with Crippen LogP contribution in [0.4, 0.5) is 0 Å². The number of rotatable bonds is 3. The normalized spacial score (nSPS) is 30.1. The van der Waals surface area contributed by atoms with Gasteiger partial charge in [0.15, 0.2) is 5.22 Å². The second-order valence-electron chi connectivity index (χ2n) is 5.46. The molecule has 86 valence electrons. The Balaban J connectivity index is 3.14. The summed E-state index contributed by atoms with van der Waals surface area (Å²) in [5.74, 6) is -1.04. The molecule has 0 radical (unpaired) electrons. The zero-order chi connectivity index (χ0) is 11.9. The summed E-state index contributed by atoms with van der Waals surface area (Å²) in [5.41, 5.74) is 0. The minimum absolute atomic E-state index is 0.230. The van der Waals surface area contributed by atoms with Gasteiger partial charge in [0.2, 0.25) is 5.79 Å². The van der Waals surface area contributed by atoms with Gasteiger partial charge >= 0.3 is 5.97 Å². The predicted molar refractivity (Wildman–Crippen MR) is 62.1 cm³/mol. The fraction of sp³-hybridized carbons (Fsp3) is 0.727. The predicted octanol–water partition coefficient (Wildman–Crippen LogP) is 2.49. The third-order valence-electron chi connectivity index (χ3n) is 2.73. The van der Waals surface area contributed by atoms with Crippen molar-refractivity contribution in [2.24, 2.45) is 0 Å². The molecule has 0 spiro atoms. The fourth-order valence-electron chi connectivity index (χ4n) is 1.88. The van der Waals surface area contributed by atoms with Gasteiger partial charge in [-0.15, -0.1) is 6.58 Å². The van der Waals surface area contributed by atoms with E-state index in [2.05, 4.69) is 26.2 Å². The first-order valence-electron chi connectivity index (χ1n) is 5.19. The Bertz CT molecular complexity index is 291. The number of carbonyl (C=O) groups is 1. The number of cyclic esters (lactones) is 1. The Morgan fingerprint density at radius 1 is 1.40 bits per heavy atom. The molecule has 0 N–H and O–H groups in total. The van der Waals surface area contributed by atoms with Crippen molar-refractivity contribution in [1.29, 1.82) is 0 Å². The van der Waals surface area contributed by atoms with Gasteiger partial charge in [0.1, 0.15) is 0 Å². The van der Waals surface area contributed by atoms with Crippen molar-refractivity contribution < 1.29 is 14.3 Å². The lowest BCUT2D eigenvalue weighted by molar-refractivity contribution is -0.162. The van der Waals surface area contributed by atoms with Gasteiger partial charge in [0.25, 0.3) is 0 Å². The Labute approximate surface area is 92.5 Å². The Morgan fingerprint density at radius 2 is 1.93 bits per heavy atom. The average molecular weight is 228 g/mol. The zero-order valence-corrected chi connectivity index (χ0v) is 11.2. The highest BCUT2D eigenvalue weighted by Gasteiger charge is 2.60. The maximum absolute atomic E-state index is 12.0. The molecule has 0 bridgehead atoms. The molecule has 0 aromatic rings. The zero-order valence-electron chi connectivity index (χ0n) is 10.2. The quantitative estimate of drug-likeness (QED) is 0.423. The van der Waals surface area contributed by atoms with Crippen molar-refractivity contribution in [2.75, 3.05) is 0 Å². The summed E-state index contributed by atoms with van der Waals surface area (Å²) in [6.45, 7) is 13.6. The fourth-order valence-corrected chi connectivity index (χ4v) is 3.85. The first-order valence-corrected chi connectivity index (χ1v) is 8.69. The molecular weight excluding hydrogens is 208 g/mol. The van der Waals surface area contributed by atoms with E-state index >= 15 is 0 Å². The van der Waals surface area contributed by atoms with Crippen LogP contribution in [0.1, 0.15) is 20.3 Å². The van der Waals surface area contributed by atoms with Gasteiger partial charge in [-0.25, -0.2) is 4.79 Å². The van der Waals surface area contributed by atoms with Gasteiger partial charge in [-0.3, -0.25) is 0 Å². The lowest BCUT2D eigenvalue weighted by Gasteiger charge is -2.35. The van der Waals surface area contributed by atoms with Gasteiger partial charge < -0.3 is 9.47 Å². The number of esters is 1. The molecule has 1 unspecified atom stereocenters. The van der Waals surface area contributed by atoms with Crippen LogP contribution in [-0.4, -0.2) is 25.1 Å². The van der Waals surface area contributed by atoms with Crippen molar-refractivity contribution in [2.45, 2.75) is 50.9 Å². The van der Waals surface area contributed by atoms with Crippen LogP contribution in [0.5, 0.6) is 0 Å². The lowest BCUT2D eigenvalue weighted by Crippen LogP contribution is -2.57. The van der Waals surface area contributed by atoms with Gasteiger partial charge in [0.05, 0.1) is 8.07 Å². The molecule has 1 aliphatic rings. The number of ether oxygens (including phenoxy) is 2. The van der Waals surface area contributed by atoms with E-state index in [1.165, 1.54) is 0 Å². The van der Waals surface area contributed by atoms with Crippen LogP contribution in [-0.2, 0) is 14.3 Å². The first-order chi connectivity index (χ1) is 6.65. The molecular formula is C11H20O3Si. The van der Waals surface area contributed by atoms with Crippen LogP contribution in [0, 0.1) is 0 Å². The van der Waals surface area contributed by atoms with Crippen LogP contribution < -0.4 is 0 Å². The van der Waals surface area contributed by atoms with Crippen molar-refractivity contribution in [3.05, 3.63) is 12.7 Å². The summed E-state index contributed by atoms with van der Waals surface area (Å²) in [4.78, 5) is 12.0. The molecule has 3 nitrogen and oxygen atoms in total. The first kappa shape index (κ1) is 12.5. The average Bonchev–Trinajstić information content (AvgIpc) is 2.21. The molecule has 1 rings (SSSR count). The highest BCUT2D eigenvalue weighted by molar-refractivity contribution is 6.82. The van der Waals surface area contributed by atoms with Crippen LogP contribution in [0.25, 0.3) is 0 Å². The second-order valence-corrected chi connectivity index (χ2v) is 10.8. The summed E-state index contributed by atoms with van der Waals surface area (Å²) < 4.78 is 11.1. The second kappa shape index (κ2) is 3.45. The molecule has 1 fully saturated rings. The van der Waals surface area contributed by atoms with Crippen molar-refractivity contribution >= 4 is 14.0 Å². The summed E-state index contributed by atoms with van der Waals surface area (Å²) in [6.07, 6.45) is 2.27. The number of carbonyl (C=O) groups excluding carboxylic acids is 1. The Kier molecular flexibility index (Phi) is 2.87. The van der Waals surface area contributed by atoms with Crippen LogP contribution >= 0.6 is 0 Å². The molecule has 0 aromatic carbocycles. The molecule has 1 saturated heterocycles. The van der Waals surface area contributed by atoms with E-state index in [4.69, 9.17) is 9.47 Å². The van der Waals surface area contributed by atoms with E-state index in [0.717, 1.165) is 0 Å². The van der Waals surface area contributed by atoms with Gasteiger partial charge in [-0.1, -0.05) is 25.7 Å². The molecule has 0 aliphatic carbocycles.